The molecular formula is C14H25N3O2S. The van der Waals surface area contributed by atoms with Gasteiger partial charge in [0.15, 0.2) is 11.4 Å². The molecule has 0 spiro atoms. The highest BCUT2D eigenvalue weighted by atomic mass is 32.2. The highest BCUT2D eigenvalue weighted by molar-refractivity contribution is 7.99. The predicted molar refractivity (Wildman–Crippen MR) is 80.0 cm³/mol. The molecule has 1 aliphatic rings. The number of nitrogens with zero attached hydrogens (tertiary/aromatic N) is 3. The van der Waals surface area contributed by atoms with Gasteiger partial charge < -0.3 is 14.0 Å². The smallest absolute Gasteiger partial charge is 0.191 e. The number of thioether (sulfide) groups is 1. The first-order valence-electron chi connectivity index (χ1n) is 7.63. The van der Waals surface area contributed by atoms with Gasteiger partial charge in [-0.25, -0.2) is 0 Å². The first-order chi connectivity index (χ1) is 9.85. The van der Waals surface area contributed by atoms with Crippen molar-refractivity contribution in [2.24, 2.45) is 0 Å². The third-order valence-electron chi connectivity index (χ3n) is 3.37. The van der Waals surface area contributed by atoms with Crippen molar-refractivity contribution >= 4 is 11.8 Å². The van der Waals surface area contributed by atoms with Crippen molar-refractivity contribution < 1.29 is 9.47 Å². The molecule has 0 bridgehead atoms. The second-order valence-electron chi connectivity index (χ2n) is 4.84. The van der Waals surface area contributed by atoms with Crippen LogP contribution < -0.4 is 0 Å². The zero-order chi connectivity index (χ0) is 14.2. The Hall–Kier alpha value is -0.590. The average molecular weight is 299 g/mol. The second kappa shape index (κ2) is 8.64. The van der Waals surface area contributed by atoms with E-state index >= 15 is 0 Å². The highest BCUT2D eigenvalue weighted by Gasteiger charge is 2.15. The van der Waals surface area contributed by atoms with Crippen LogP contribution in [0.25, 0.3) is 0 Å². The lowest BCUT2D eigenvalue weighted by atomic mass is 10.2. The monoisotopic (exact) mass is 299 g/mol. The molecule has 2 heterocycles. The van der Waals surface area contributed by atoms with E-state index in [9.17, 15) is 0 Å². The van der Waals surface area contributed by atoms with Gasteiger partial charge in [0.25, 0.3) is 0 Å². The van der Waals surface area contributed by atoms with E-state index in [1.807, 2.05) is 13.8 Å². The number of ether oxygens (including phenoxy) is 2. The Balaban J connectivity index is 1.83. The molecule has 0 fully saturated rings. The van der Waals surface area contributed by atoms with Gasteiger partial charge in [0, 0.05) is 38.4 Å². The molecule has 20 heavy (non-hydrogen) atoms. The van der Waals surface area contributed by atoms with Gasteiger partial charge >= 0.3 is 0 Å². The van der Waals surface area contributed by atoms with Gasteiger partial charge in [-0.2, -0.15) is 0 Å². The largest absolute Gasteiger partial charge is 0.353 e. The van der Waals surface area contributed by atoms with Crippen molar-refractivity contribution in [3.63, 3.8) is 0 Å². The van der Waals surface area contributed by atoms with E-state index < -0.39 is 0 Å². The number of rotatable bonds is 8. The molecule has 0 unspecified atom stereocenters. The van der Waals surface area contributed by atoms with Crippen molar-refractivity contribution in [1.82, 2.24) is 14.8 Å². The molecule has 0 atom stereocenters. The Kier molecular flexibility index (Phi) is 6.82. The Bertz CT molecular complexity index is 392. The molecule has 2 rings (SSSR count). The minimum Gasteiger partial charge on any atom is -0.353 e. The number of hydrogen-bond donors (Lipinski definition) is 0. The fourth-order valence-corrected chi connectivity index (χ4v) is 3.34. The van der Waals surface area contributed by atoms with Crippen molar-refractivity contribution in [2.45, 2.75) is 63.9 Å². The van der Waals surface area contributed by atoms with Gasteiger partial charge in [-0.1, -0.05) is 18.2 Å². The van der Waals surface area contributed by atoms with Gasteiger partial charge in [-0.3, -0.25) is 0 Å². The molecule has 0 amide bonds. The maximum absolute atomic E-state index is 5.56. The summed E-state index contributed by atoms with van der Waals surface area (Å²) in [6, 6.07) is 0. The van der Waals surface area contributed by atoms with Crippen LogP contribution in [0.15, 0.2) is 5.16 Å². The highest BCUT2D eigenvalue weighted by Crippen LogP contribution is 2.23. The van der Waals surface area contributed by atoms with Crippen LogP contribution in [-0.4, -0.2) is 40.0 Å². The second-order valence-corrected chi connectivity index (χ2v) is 5.90. The summed E-state index contributed by atoms with van der Waals surface area (Å²) in [5, 5.41) is 9.69. The third kappa shape index (κ3) is 4.46. The number of aryl methyl sites for hydroxylation is 1. The topological polar surface area (TPSA) is 49.2 Å². The van der Waals surface area contributed by atoms with Crippen LogP contribution >= 0.6 is 11.8 Å². The molecule has 6 heteroatoms. The number of aromatic nitrogens is 3. The van der Waals surface area contributed by atoms with Crippen LogP contribution in [0.2, 0.25) is 0 Å². The van der Waals surface area contributed by atoms with Crippen molar-refractivity contribution in [3.05, 3.63) is 5.82 Å². The van der Waals surface area contributed by atoms with Gasteiger partial charge in [0.2, 0.25) is 0 Å². The predicted octanol–water partition coefficient (Wildman–Crippen LogP) is 2.89. The molecule has 5 nitrogen and oxygen atoms in total. The van der Waals surface area contributed by atoms with E-state index in [1.165, 1.54) is 19.3 Å². The van der Waals surface area contributed by atoms with Gasteiger partial charge in [-0.15, -0.1) is 10.2 Å². The van der Waals surface area contributed by atoms with Crippen LogP contribution in [-0.2, 0) is 22.4 Å². The molecule has 114 valence electrons. The fraction of sp³-hybridized carbons (Fsp3) is 0.857. The summed E-state index contributed by atoms with van der Waals surface area (Å²) in [6.07, 6.45) is 5.62. The van der Waals surface area contributed by atoms with Crippen molar-refractivity contribution in [1.29, 1.82) is 0 Å². The van der Waals surface area contributed by atoms with E-state index in [2.05, 4.69) is 14.8 Å². The maximum atomic E-state index is 5.56. The maximum Gasteiger partial charge on any atom is 0.191 e. The van der Waals surface area contributed by atoms with Crippen LogP contribution in [0.5, 0.6) is 0 Å². The van der Waals surface area contributed by atoms with Crippen molar-refractivity contribution in [2.75, 3.05) is 19.0 Å². The molecule has 0 aromatic carbocycles. The van der Waals surface area contributed by atoms with E-state index in [1.54, 1.807) is 11.8 Å². The molecule has 0 saturated heterocycles. The summed E-state index contributed by atoms with van der Waals surface area (Å²) < 4.78 is 13.4. The zero-order valence-corrected chi connectivity index (χ0v) is 13.3. The Labute approximate surface area is 125 Å². The van der Waals surface area contributed by atoms with Crippen LogP contribution in [0, 0.1) is 0 Å². The summed E-state index contributed by atoms with van der Waals surface area (Å²) in [5.74, 6) is 2.10. The molecule has 0 radical (unpaired) electrons. The molecule has 0 saturated carbocycles. The minimum atomic E-state index is -0.0935. The van der Waals surface area contributed by atoms with Crippen LogP contribution in [0.3, 0.4) is 0 Å². The molecule has 0 N–H and O–H groups in total. The van der Waals surface area contributed by atoms with E-state index in [0.717, 1.165) is 36.1 Å². The first kappa shape index (κ1) is 15.8. The van der Waals surface area contributed by atoms with Gasteiger partial charge in [0.05, 0.1) is 0 Å². The lowest BCUT2D eigenvalue weighted by Gasteiger charge is -2.16. The van der Waals surface area contributed by atoms with Gasteiger partial charge in [-0.05, 0) is 26.7 Å². The summed E-state index contributed by atoms with van der Waals surface area (Å²) >= 11 is 1.76. The summed E-state index contributed by atoms with van der Waals surface area (Å²) in [7, 11) is 0. The summed E-state index contributed by atoms with van der Waals surface area (Å²) in [4.78, 5) is 0. The van der Waals surface area contributed by atoms with Gasteiger partial charge in [0.1, 0.15) is 5.82 Å². The van der Waals surface area contributed by atoms with Crippen molar-refractivity contribution in [3.8, 4) is 0 Å². The Morgan fingerprint density at radius 3 is 2.70 bits per heavy atom. The zero-order valence-electron chi connectivity index (χ0n) is 12.5. The summed E-state index contributed by atoms with van der Waals surface area (Å²) in [6.45, 7) is 6.44. The Morgan fingerprint density at radius 2 is 1.95 bits per heavy atom. The summed E-state index contributed by atoms with van der Waals surface area (Å²) in [5.41, 5.74) is 0. The van der Waals surface area contributed by atoms with E-state index in [4.69, 9.17) is 9.47 Å². The minimum absolute atomic E-state index is 0.0935. The van der Waals surface area contributed by atoms with Crippen LogP contribution in [0.4, 0.5) is 0 Å². The lowest BCUT2D eigenvalue weighted by Crippen LogP contribution is -2.18. The standard InChI is InChI=1S/C14H25N3O2S/c1-3-18-13(19-4-2)9-11-20-14-16-15-12-8-6-5-7-10-17(12)14/h13H,3-11H2,1-2H3. The number of hydrogen-bond acceptors (Lipinski definition) is 5. The Morgan fingerprint density at radius 1 is 1.15 bits per heavy atom. The molecule has 0 aliphatic carbocycles. The average Bonchev–Trinajstić information content (AvgIpc) is 2.68. The molecule has 1 aromatic rings. The first-order valence-corrected chi connectivity index (χ1v) is 8.61. The molecule has 1 aromatic heterocycles. The van der Waals surface area contributed by atoms with E-state index in [-0.39, 0.29) is 6.29 Å². The number of fused-ring (bicyclic) bond motifs is 1. The molecule has 1 aliphatic heterocycles. The fourth-order valence-electron chi connectivity index (χ4n) is 2.40. The SMILES string of the molecule is CCOC(CCSc1nnc2n1CCCCC2)OCC. The quantitative estimate of drug-likeness (QED) is 0.545. The normalized spacial score (nSPS) is 15.3. The third-order valence-corrected chi connectivity index (χ3v) is 4.37. The van der Waals surface area contributed by atoms with E-state index in [0.29, 0.717) is 13.2 Å². The molecular weight excluding hydrogens is 274 g/mol. The van der Waals surface area contributed by atoms with Crippen LogP contribution in [0.1, 0.15) is 45.4 Å². The lowest BCUT2D eigenvalue weighted by molar-refractivity contribution is -0.136.